The third kappa shape index (κ3) is 3.70. The number of nitrogens with one attached hydrogen (secondary N) is 1. The number of H-pyrrole nitrogens is 1. The number of hydrogen-bond donors (Lipinski definition) is 1. The number of terminal acetylenes is 1. The minimum absolute atomic E-state index is 0.299. The van der Waals surface area contributed by atoms with Gasteiger partial charge in [0.1, 0.15) is 12.4 Å². The Hall–Kier alpha value is -2.91. The summed E-state index contributed by atoms with van der Waals surface area (Å²) < 4.78 is 7.24. The second-order valence-electron chi connectivity index (χ2n) is 4.91. The quantitative estimate of drug-likeness (QED) is 0.555. The highest BCUT2D eigenvalue weighted by molar-refractivity contribution is 7.99. The molecule has 0 aliphatic heterocycles. The second-order valence-corrected chi connectivity index (χ2v) is 5.85. The van der Waals surface area contributed by atoms with Gasteiger partial charge in [-0.15, -0.1) is 11.5 Å². The number of aromatic nitrogens is 3. The van der Waals surface area contributed by atoms with E-state index in [1.165, 1.54) is 16.3 Å². The minimum atomic E-state index is -0.299. The monoisotopic (exact) mass is 337 g/mol. The minimum Gasteiger partial charge on any atom is -0.489 e. The van der Waals surface area contributed by atoms with Gasteiger partial charge in [-0.3, -0.25) is 0 Å². The molecule has 0 aliphatic rings. The van der Waals surface area contributed by atoms with Crippen molar-refractivity contribution in [1.82, 2.24) is 14.8 Å². The van der Waals surface area contributed by atoms with Gasteiger partial charge in [-0.25, -0.2) is 14.5 Å². The maximum atomic E-state index is 11.9. The molecule has 2 aromatic carbocycles. The lowest BCUT2D eigenvalue weighted by molar-refractivity contribution is 0.306. The lowest BCUT2D eigenvalue weighted by Gasteiger charge is -2.08. The summed E-state index contributed by atoms with van der Waals surface area (Å²) in [5.41, 5.74) is 1.51. The molecule has 120 valence electrons. The van der Waals surface area contributed by atoms with Gasteiger partial charge in [-0.05, 0) is 29.8 Å². The Morgan fingerprint density at radius 2 is 1.92 bits per heavy atom. The first-order valence-corrected chi connectivity index (χ1v) is 8.27. The average molecular weight is 337 g/mol. The van der Waals surface area contributed by atoms with Crippen molar-refractivity contribution in [1.29, 1.82) is 0 Å². The molecular weight excluding hydrogens is 322 g/mol. The van der Waals surface area contributed by atoms with E-state index < -0.39 is 0 Å². The standard InChI is InChI=1S/C18H15N3O2S/c1-2-12-24-18-20-19-17(22)21(18)15-8-10-16(11-9-15)23-13-14-6-4-3-5-7-14/h1,3-11H,12-13H2,(H,19,22). The van der Waals surface area contributed by atoms with Gasteiger partial charge in [-0.2, -0.15) is 0 Å². The van der Waals surface area contributed by atoms with Crippen LogP contribution in [0.15, 0.2) is 64.5 Å². The van der Waals surface area contributed by atoms with Gasteiger partial charge in [0, 0.05) is 0 Å². The van der Waals surface area contributed by atoms with Crippen LogP contribution in [0.3, 0.4) is 0 Å². The Kier molecular flexibility index (Phi) is 5.04. The van der Waals surface area contributed by atoms with Crippen LogP contribution in [0.4, 0.5) is 0 Å². The molecule has 0 unspecified atom stereocenters. The lowest BCUT2D eigenvalue weighted by Crippen LogP contribution is -2.15. The molecule has 24 heavy (non-hydrogen) atoms. The maximum Gasteiger partial charge on any atom is 0.348 e. The van der Waals surface area contributed by atoms with Crippen LogP contribution in [0.5, 0.6) is 5.75 Å². The zero-order valence-electron chi connectivity index (χ0n) is 12.8. The Balaban J connectivity index is 1.74. The van der Waals surface area contributed by atoms with Crippen LogP contribution in [0.25, 0.3) is 5.69 Å². The number of hydrogen-bond acceptors (Lipinski definition) is 4. The predicted molar refractivity (Wildman–Crippen MR) is 94.5 cm³/mol. The number of thioether (sulfide) groups is 1. The molecule has 0 spiro atoms. The van der Waals surface area contributed by atoms with Crippen molar-refractivity contribution >= 4 is 11.8 Å². The van der Waals surface area contributed by atoms with Gasteiger partial charge >= 0.3 is 5.69 Å². The fourth-order valence-electron chi connectivity index (χ4n) is 2.15. The van der Waals surface area contributed by atoms with E-state index in [2.05, 4.69) is 16.1 Å². The Morgan fingerprint density at radius 3 is 2.62 bits per heavy atom. The largest absolute Gasteiger partial charge is 0.489 e. The third-order valence-electron chi connectivity index (χ3n) is 3.27. The van der Waals surface area contributed by atoms with Crippen molar-refractivity contribution in [3.63, 3.8) is 0 Å². The van der Waals surface area contributed by atoms with E-state index >= 15 is 0 Å². The first kappa shape index (κ1) is 16.0. The molecule has 0 amide bonds. The number of benzene rings is 2. The van der Waals surface area contributed by atoms with Gasteiger partial charge < -0.3 is 4.74 Å². The smallest absolute Gasteiger partial charge is 0.348 e. The van der Waals surface area contributed by atoms with Gasteiger partial charge in [0.15, 0.2) is 5.16 Å². The summed E-state index contributed by atoms with van der Waals surface area (Å²) in [6.07, 6.45) is 5.26. The molecule has 0 saturated carbocycles. The molecule has 0 atom stereocenters. The second kappa shape index (κ2) is 7.57. The van der Waals surface area contributed by atoms with E-state index in [0.29, 0.717) is 23.2 Å². The molecule has 3 rings (SSSR count). The molecular formula is C18H15N3O2S. The third-order valence-corrected chi connectivity index (χ3v) is 4.11. The number of aromatic amines is 1. The zero-order valence-corrected chi connectivity index (χ0v) is 13.6. The molecule has 3 aromatic rings. The number of rotatable bonds is 6. The average Bonchev–Trinajstić information content (AvgIpc) is 3.00. The SMILES string of the molecule is C#CCSc1n[nH]c(=O)n1-c1ccc(OCc2ccccc2)cc1. The van der Waals surface area contributed by atoms with E-state index in [0.717, 1.165) is 11.3 Å². The van der Waals surface area contributed by atoms with Crippen LogP contribution in [0.2, 0.25) is 0 Å². The first-order valence-electron chi connectivity index (χ1n) is 7.29. The van der Waals surface area contributed by atoms with Gasteiger partial charge in [0.05, 0.1) is 11.4 Å². The van der Waals surface area contributed by atoms with Crippen molar-refractivity contribution in [3.05, 3.63) is 70.6 Å². The van der Waals surface area contributed by atoms with Crippen molar-refractivity contribution < 1.29 is 4.74 Å². The molecule has 0 bridgehead atoms. The van der Waals surface area contributed by atoms with E-state index in [4.69, 9.17) is 11.2 Å². The molecule has 0 radical (unpaired) electrons. The maximum absolute atomic E-state index is 11.9. The molecule has 1 aromatic heterocycles. The van der Waals surface area contributed by atoms with Gasteiger partial charge in [0.2, 0.25) is 0 Å². The highest BCUT2D eigenvalue weighted by atomic mass is 32.2. The van der Waals surface area contributed by atoms with Crippen LogP contribution in [-0.2, 0) is 6.61 Å². The van der Waals surface area contributed by atoms with Gasteiger partial charge in [0.25, 0.3) is 0 Å². The van der Waals surface area contributed by atoms with E-state index in [9.17, 15) is 4.79 Å². The Bertz CT molecular complexity index is 893. The summed E-state index contributed by atoms with van der Waals surface area (Å²) >= 11 is 1.33. The van der Waals surface area contributed by atoms with E-state index in [-0.39, 0.29) is 5.69 Å². The fourth-order valence-corrected chi connectivity index (χ4v) is 2.79. The molecule has 1 N–H and O–H groups in total. The predicted octanol–water partition coefficient (Wildman–Crippen LogP) is 2.86. The summed E-state index contributed by atoms with van der Waals surface area (Å²) in [7, 11) is 0. The molecule has 0 fully saturated rings. The number of nitrogens with zero attached hydrogens (tertiary/aromatic N) is 2. The summed E-state index contributed by atoms with van der Waals surface area (Å²) in [5, 5.41) is 6.97. The zero-order chi connectivity index (χ0) is 16.8. The molecule has 0 aliphatic carbocycles. The lowest BCUT2D eigenvalue weighted by atomic mass is 10.2. The normalized spacial score (nSPS) is 10.3. The Morgan fingerprint density at radius 1 is 1.17 bits per heavy atom. The van der Waals surface area contributed by atoms with Crippen molar-refractivity contribution in [2.45, 2.75) is 11.8 Å². The van der Waals surface area contributed by atoms with Crippen LogP contribution in [0.1, 0.15) is 5.56 Å². The topological polar surface area (TPSA) is 59.9 Å². The van der Waals surface area contributed by atoms with Crippen LogP contribution >= 0.6 is 11.8 Å². The van der Waals surface area contributed by atoms with Gasteiger partial charge in [-0.1, -0.05) is 48.0 Å². The van der Waals surface area contributed by atoms with Crippen LogP contribution in [0, 0.1) is 12.3 Å². The highest BCUT2D eigenvalue weighted by Gasteiger charge is 2.10. The summed E-state index contributed by atoms with van der Waals surface area (Å²) in [6.45, 7) is 0.495. The van der Waals surface area contributed by atoms with E-state index in [1.807, 2.05) is 54.6 Å². The van der Waals surface area contributed by atoms with Crippen LogP contribution < -0.4 is 10.4 Å². The Labute approximate surface area is 143 Å². The first-order chi connectivity index (χ1) is 11.8. The van der Waals surface area contributed by atoms with Crippen molar-refractivity contribution in [2.75, 3.05) is 5.75 Å². The highest BCUT2D eigenvalue weighted by Crippen LogP contribution is 2.20. The van der Waals surface area contributed by atoms with Crippen molar-refractivity contribution in [3.8, 4) is 23.8 Å². The number of ether oxygens (including phenoxy) is 1. The van der Waals surface area contributed by atoms with E-state index in [1.54, 1.807) is 0 Å². The fraction of sp³-hybridized carbons (Fsp3) is 0.111. The molecule has 0 saturated heterocycles. The molecule has 5 nitrogen and oxygen atoms in total. The van der Waals surface area contributed by atoms with Crippen molar-refractivity contribution in [2.24, 2.45) is 0 Å². The summed E-state index contributed by atoms with van der Waals surface area (Å²) in [5.74, 6) is 3.70. The summed E-state index contributed by atoms with van der Waals surface area (Å²) in [6, 6.07) is 17.2. The molecule has 6 heteroatoms. The summed E-state index contributed by atoms with van der Waals surface area (Å²) in [4.78, 5) is 11.9. The van der Waals surface area contributed by atoms with Crippen LogP contribution in [-0.4, -0.2) is 20.5 Å². The molecule has 1 heterocycles.